The number of nitrogens with one attached hydrogen (secondary N) is 1. The number of rotatable bonds is 4. The third kappa shape index (κ3) is 3.08. The van der Waals surface area contributed by atoms with Crippen LogP contribution < -0.4 is 4.72 Å². The van der Waals surface area contributed by atoms with Crippen molar-refractivity contribution in [3.05, 3.63) is 46.6 Å². The van der Waals surface area contributed by atoms with Gasteiger partial charge in [-0.05, 0) is 12.5 Å². The van der Waals surface area contributed by atoms with Gasteiger partial charge in [0.1, 0.15) is 0 Å². The summed E-state index contributed by atoms with van der Waals surface area (Å²) >= 11 is 6.57. The highest BCUT2D eigenvalue weighted by atomic mass is 35.5. The molecule has 2 rings (SSSR count). The van der Waals surface area contributed by atoms with Crippen molar-refractivity contribution < 1.29 is 8.42 Å². The van der Waals surface area contributed by atoms with Crippen LogP contribution >= 0.6 is 22.9 Å². The van der Waals surface area contributed by atoms with Gasteiger partial charge >= 0.3 is 0 Å². The lowest BCUT2D eigenvalue weighted by atomic mass is 10.1. The molecule has 1 aromatic heterocycles. The first-order valence-corrected chi connectivity index (χ1v) is 7.85. The second kappa shape index (κ2) is 5.36. The fraction of sp³-hybridized carbons (Fsp3) is 0.182. The van der Waals surface area contributed by atoms with Gasteiger partial charge in [-0.15, -0.1) is 0 Å². The topological polar surface area (TPSA) is 59.1 Å². The summed E-state index contributed by atoms with van der Waals surface area (Å²) in [5.74, 6) is 0. The maximum atomic E-state index is 12.0. The van der Waals surface area contributed by atoms with Gasteiger partial charge in [-0.2, -0.15) is 0 Å². The lowest BCUT2D eigenvalue weighted by Gasteiger charge is -2.13. The zero-order valence-electron chi connectivity index (χ0n) is 9.50. The minimum absolute atomic E-state index is 0.121. The molecule has 0 amide bonds. The normalized spacial score (nSPS) is 13.4. The lowest BCUT2D eigenvalue weighted by Crippen LogP contribution is -2.26. The highest BCUT2D eigenvalue weighted by Crippen LogP contribution is 2.24. The van der Waals surface area contributed by atoms with Crippen molar-refractivity contribution in [2.24, 2.45) is 0 Å². The number of aromatic nitrogens is 1. The summed E-state index contributed by atoms with van der Waals surface area (Å²) in [6.07, 6.45) is 1.26. The summed E-state index contributed by atoms with van der Waals surface area (Å²) in [4.78, 5) is 3.73. The summed E-state index contributed by atoms with van der Waals surface area (Å²) < 4.78 is 27.0. The molecule has 4 nitrogen and oxygen atoms in total. The smallest absolute Gasteiger partial charge is 0.232 e. The summed E-state index contributed by atoms with van der Waals surface area (Å²) in [6.45, 7) is 1.79. The summed E-state index contributed by atoms with van der Waals surface area (Å²) in [6, 6.07) is 9.04. The molecule has 1 heterocycles. The minimum Gasteiger partial charge on any atom is -0.232 e. The van der Waals surface area contributed by atoms with E-state index in [-0.39, 0.29) is 14.7 Å². The quantitative estimate of drug-likeness (QED) is 0.945. The van der Waals surface area contributed by atoms with Crippen LogP contribution in [-0.2, 0) is 10.0 Å². The van der Waals surface area contributed by atoms with Crippen molar-refractivity contribution in [1.29, 1.82) is 0 Å². The molecule has 0 aliphatic rings. The Morgan fingerprint density at radius 2 is 2.00 bits per heavy atom. The van der Waals surface area contributed by atoms with Crippen LogP contribution in [0.2, 0.25) is 4.47 Å². The molecule has 1 unspecified atom stereocenters. The van der Waals surface area contributed by atoms with E-state index >= 15 is 0 Å². The largest absolute Gasteiger partial charge is 0.252 e. The Hall–Kier alpha value is -0.950. The monoisotopic (exact) mass is 302 g/mol. The standard InChI is InChI=1S/C11H11ClN2O2S2/c1-8(9-5-3-2-4-6-9)14-18(15,16)10-7-13-11(12)17-10/h2-8,14H,1H3. The van der Waals surface area contributed by atoms with Gasteiger partial charge in [0.25, 0.3) is 10.0 Å². The summed E-state index contributed by atoms with van der Waals surface area (Å²) in [5, 5.41) is 0. The number of hydrogen-bond donors (Lipinski definition) is 1. The highest BCUT2D eigenvalue weighted by Gasteiger charge is 2.20. The Morgan fingerprint density at radius 3 is 2.56 bits per heavy atom. The molecule has 1 aromatic carbocycles. The number of thiazole rings is 1. The average molecular weight is 303 g/mol. The Balaban J connectivity index is 2.19. The minimum atomic E-state index is -3.57. The molecule has 18 heavy (non-hydrogen) atoms. The molecule has 0 aliphatic heterocycles. The molecule has 0 bridgehead atoms. The van der Waals surface area contributed by atoms with Gasteiger partial charge in [-0.1, -0.05) is 53.3 Å². The molecule has 0 spiro atoms. The number of benzene rings is 1. The predicted molar refractivity (Wildman–Crippen MR) is 72.3 cm³/mol. The van der Waals surface area contributed by atoms with Crippen molar-refractivity contribution in [3.8, 4) is 0 Å². The molecule has 96 valence electrons. The van der Waals surface area contributed by atoms with Gasteiger partial charge in [0, 0.05) is 6.04 Å². The fourth-order valence-electron chi connectivity index (χ4n) is 1.46. The van der Waals surface area contributed by atoms with Gasteiger partial charge in [0.2, 0.25) is 0 Å². The van der Waals surface area contributed by atoms with Crippen LogP contribution in [0.25, 0.3) is 0 Å². The van der Waals surface area contributed by atoms with Gasteiger partial charge < -0.3 is 0 Å². The van der Waals surface area contributed by atoms with Crippen molar-refractivity contribution >= 4 is 33.0 Å². The zero-order valence-corrected chi connectivity index (χ0v) is 11.9. The van der Waals surface area contributed by atoms with Crippen LogP contribution in [0.4, 0.5) is 0 Å². The van der Waals surface area contributed by atoms with Crippen molar-refractivity contribution in [2.75, 3.05) is 0 Å². The van der Waals surface area contributed by atoms with Crippen molar-refractivity contribution in [1.82, 2.24) is 9.71 Å². The summed E-state index contributed by atoms with van der Waals surface area (Å²) in [7, 11) is -3.57. The predicted octanol–water partition coefficient (Wildman–Crippen LogP) is 2.84. The second-order valence-electron chi connectivity index (χ2n) is 3.69. The van der Waals surface area contributed by atoms with Crippen LogP contribution in [0.5, 0.6) is 0 Å². The lowest BCUT2D eigenvalue weighted by molar-refractivity contribution is 0.569. The van der Waals surface area contributed by atoms with E-state index in [1.807, 2.05) is 30.3 Å². The van der Waals surface area contributed by atoms with E-state index < -0.39 is 10.0 Å². The van der Waals surface area contributed by atoms with E-state index in [4.69, 9.17) is 11.6 Å². The van der Waals surface area contributed by atoms with Crippen LogP contribution in [-0.4, -0.2) is 13.4 Å². The first-order valence-electron chi connectivity index (χ1n) is 5.17. The second-order valence-corrected chi connectivity index (χ2v) is 7.24. The Bertz CT molecular complexity index is 626. The van der Waals surface area contributed by atoms with Gasteiger partial charge in [0.15, 0.2) is 8.68 Å². The van der Waals surface area contributed by atoms with Crippen molar-refractivity contribution in [2.45, 2.75) is 17.2 Å². The molecule has 0 saturated heterocycles. The summed E-state index contributed by atoms with van der Waals surface area (Å²) in [5.41, 5.74) is 0.900. The molecular weight excluding hydrogens is 292 g/mol. The maximum Gasteiger partial charge on any atom is 0.252 e. The van der Waals surface area contributed by atoms with E-state index in [0.29, 0.717) is 0 Å². The molecule has 7 heteroatoms. The van der Waals surface area contributed by atoms with E-state index in [1.54, 1.807) is 6.92 Å². The first-order chi connectivity index (χ1) is 8.49. The molecular formula is C11H11ClN2O2S2. The number of halogens is 1. The SMILES string of the molecule is CC(NS(=O)(=O)c1cnc(Cl)s1)c1ccccc1. The Labute approximate surface area is 115 Å². The first kappa shape index (κ1) is 13.5. The molecule has 0 aliphatic carbocycles. The number of nitrogens with zero attached hydrogens (tertiary/aromatic N) is 1. The van der Waals surface area contributed by atoms with Crippen LogP contribution in [0.3, 0.4) is 0 Å². The van der Waals surface area contributed by atoms with Gasteiger partial charge in [-0.3, -0.25) is 0 Å². The van der Waals surface area contributed by atoms with Crippen LogP contribution in [0.15, 0.2) is 40.7 Å². The third-order valence-electron chi connectivity index (χ3n) is 2.35. The van der Waals surface area contributed by atoms with Gasteiger partial charge in [0.05, 0.1) is 6.20 Å². The van der Waals surface area contributed by atoms with E-state index in [1.165, 1.54) is 6.20 Å². The fourth-order valence-corrected chi connectivity index (χ4v) is 4.01. The molecule has 0 fully saturated rings. The molecule has 2 aromatic rings. The average Bonchev–Trinajstić information content (AvgIpc) is 2.77. The van der Waals surface area contributed by atoms with E-state index in [9.17, 15) is 8.42 Å². The van der Waals surface area contributed by atoms with Crippen LogP contribution in [0, 0.1) is 0 Å². The molecule has 1 N–H and O–H groups in total. The molecule has 0 saturated carbocycles. The van der Waals surface area contributed by atoms with Crippen molar-refractivity contribution in [3.63, 3.8) is 0 Å². The van der Waals surface area contributed by atoms with E-state index in [2.05, 4.69) is 9.71 Å². The Kier molecular flexibility index (Phi) is 4.01. The zero-order chi connectivity index (χ0) is 13.2. The Morgan fingerprint density at radius 1 is 1.33 bits per heavy atom. The highest BCUT2D eigenvalue weighted by molar-refractivity contribution is 7.91. The maximum absolute atomic E-state index is 12.0. The molecule has 1 atom stereocenters. The number of hydrogen-bond acceptors (Lipinski definition) is 4. The third-order valence-corrected chi connectivity index (χ3v) is 5.47. The number of sulfonamides is 1. The van der Waals surface area contributed by atoms with Crippen LogP contribution in [0.1, 0.15) is 18.5 Å². The van der Waals surface area contributed by atoms with Gasteiger partial charge in [-0.25, -0.2) is 18.1 Å². The van der Waals surface area contributed by atoms with E-state index in [0.717, 1.165) is 16.9 Å². The molecule has 0 radical (unpaired) electrons.